The maximum Gasteiger partial charge on any atom is 0.335 e. The van der Waals surface area contributed by atoms with Crippen LogP contribution in [0.2, 0.25) is 0 Å². The van der Waals surface area contributed by atoms with Crippen LogP contribution in [0, 0.1) is 11.8 Å². The molecule has 0 aromatic heterocycles. The maximum atomic E-state index is 13.9. The van der Waals surface area contributed by atoms with Crippen LogP contribution in [0.3, 0.4) is 0 Å². The van der Waals surface area contributed by atoms with E-state index in [-0.39, 0.29) is 189 Å². The first kappa shape index (κ1) is 85.5. The molecule has 2 aromatic carbocycles. The van der Waals surface area contributed by atoms with E-state index < -0.39 is 115 Å². The molecule has 2 aromatic rings. The summed E-state index contributed by atoms with van der Waals surface area (Å²) < 4.78 is 48.8. The zero-order valence-electron chi connectivity index (χ0n) is 57.6. The van der Waals surface area contributed by atoms with Crippen molar-refractivity contribution >= 4 is 70.4 Å². The van der Waals surface area contributed by atoms with Crippen molar-refractivity contribution in [1.82, 2.24) is 16.0 Å². The minimum atomic E-state index is -1.99. The lowest BCUT2D eigenvalue weighted by molar-refractivity contribution is -0.271. The molecule has 4 rings (SSSR count). The van der Waals surface area contributed by atoms with Crippen molar-refractivity contribution in [2.45, 2.75) is 205 Å². The molecular formula is C68H98N4O29. The number of carboxylic acids is 2. The summed E-state index contributed by atoms with van der Waals surface area (Å²) in [4.78, 5) is 145. The highest BCUT2D eigenvalue weighted by Crippen LogP contribution is 2.30. The quantitative estimate of drug-likeness (QED) is 0.0147. The fourth-order valence-electron chi connectivity index (χ4n) is 10.3. The first-order valence-electron chi connectivity index (χ1n) is 33.6. The molecule has 2 aliphatic rings. The number of aliphatic hydroxyl groups excluding tert-OH is 6. The van der Waals surface area contributed by atoms with E-state index in [0.29, 0.717) is 48.9 Å². The number of carboxylic acid groups (broad SMARTS) is 2. The summed E-state index contributed by atoms with van der Waals surface area (Å²) in [5.41, 5.74) is 1.42. The number of unbranched alkanes of at least 4 members (excludes halogenated alkanes) is 2. The molecule has 33 heteroatoms. The molecule has 0 radical (unpaired) electrons. The molecule has 2 aliphatic heterocycles. The molecule has 0 bridgehead atoms. The zero-order chi connectivity index (χ0) is 74.6. The van der Waals surface area contributed by atoms with Crippen molar-refractivity contribution in [3.8, 4) is 11.5 Å². The fourth-order valence-corrected chi connectivity index (χ4v) is 10.3. The van der Waals surface area contributed by atoms with Crippen molar-refractivity contribution in [2.75, 3.05) is 65.9 Å². The van der Waals surface area contributed by atoms with Gasteiger partial charge in [0.1, 0.15) is 80.3 Å². The Labute approximate surface area is 584 Å². The highest BCUT2D eigenvalue weighted by molar-refractivity contribution is 5.99. The molecule has 2 saturated heterocycles. The monoisotopic (exact) mass is 1430 g/mol. The standard InChI is InChI=1S/C68H98N4O29/c1-6-44(33-47(76)37-94-30-29-93-28-24-70-65(89)49-32-43(36-96-41(5)74)18-21-55(49)100-68-61(86)58(83)59(84)62(101-68)66(90)91)63(87)69-23-9-7-14-50(52(78)16-12-27-98-72-39(2)3)71-64(88)45(19-22-56(80)81)34-46(75)13-8-10-25-92-26-11-15-51(77)48-31-42(35-95-40(4)73)17-20-54(48)99-67-60(85)57(82)53(79)38-97-67/h17-18,20-21,31-32,44-45,50,53,57-62,67-68,79,82-86H,6-16,19,22-30,33-38H2,1-5H3,(H,69,87)(H,70,89)(H,71,88)(H,80,81)(H,90,91)/t44-,45-,50+,53+,57-,58-,59-,60+,61+,62-,67-,68+/m0/s1. The second kappa shape index (κ2) is 45.8. The number of ether oxygens (including phenoxy) is 9. The summed E-state index contributed by atoms with van der Waals surface area (Å²) in [6.45, 7) is 7.14. The molecule has 101 heavy (non-hydrogen) atoms. The van der Waals surface area contributed by atoms with Gasteiger partial charge in [0.15, 0.2) is 23.5 Å². The first-order valence-corrected chi connectivity index (χ1v) is 33.6. The lowest BCUT2D eigenvalue weighted by atomic mass is 9.93. The predicted molar refractivity (Wildman–Crippen MR) is 351 cm³/mol. The number of carbonyl (C=O) groups excluding carboxylic acids is 9. The smallest absolute Gasteiger partial charge is 0.335 e. The molecule has 0 aliphatic carbocycles. The van der Waals surface area contributed by atoms with Crippen molar-refractivity contribution in [3.63, 3.8) is 0 Å². The number of nitrogens with zero attached hydrogens (tertiary/aromatic N) is 1. The van der Waals surface area contributed by atoms with Gasteiger partial charge in [0, 0.05) is 90.5 Å². The molecule has 3 amide bonds. The maximum absolute atomic E-state index is 13.9. The van der Waals surface area contributed by atoms with Crippen LogP contribution in [0.15, 0.2) is 41.6 Å². The summed E-state index contributed by atoms with van der Waals surface area (Å²) in [7, 11) is 0. The van der Waals surface area contributed by atoms with Gasteiger partial charge in [-0.25, -0.2) is 4.79 Å². The minimum absolute atomic E-state index is 0.000333. The largest absolute Gasteiger partial charge is 0.481 e. The molecule has 0 unspecified atom stereocenters. The summed E-state index contributed by atoms with van der Waals surface area (Å²) in [5, 5.41) is 92.2. The van der Waals surface area contributed by atoms with E-state index in [9.17, 15) is 93.6 Å². The van der Waals surface area contributed by atoms with Gasteiger partial charge in [-0.1, -0.05) is 24.2 Å². The van der Waals surface area contributed by atoms with Crippen LogP contribution in [0.1, 0.15) is 163 Å². The third-order valence-corrected chi connectivity index (χ3v) is 15.8. The van der Waals surface area contributed by atoms with Crippen LogP contribution in [-0.2, 0) is 94.4 Å². The average Bonchev–Trinajstić information content (AvgIpc) is 0.797. The molecular weight excluding hydrogens is 1340 g/mol. The third-order valence-electron chi connectivity index (χ3n) is 15.8. The van der Waals surface area contributed by atoms with E-state index in [1.54, 1.807) is 26.8 Å². The molecule has 11 N–H and O–H groups in total. The molecule has 2 fully saturated rings. The van der Waals surface area contributed by atoms with Gasteiger partial charge in [-0.2, -0.15) is 0 Å². The second-order valence-electron chi connectivity index (χ2n) is 24.5. The Hall–Kier alpha value is -7.96. The number of nitrogens with one attached hydrogen (secondary N) is 3. The normalized spacial score (nSPS) is 20.4. The number of Topliss-reactive ketones (excluding diaryl/α,β-unsaturated/α-hetero) is 4. The molecule has 33 nitrogen and oxygen atoms in total. The van der Waals surface area contributed by atoms with Crippen LogP contribution in [0.5, 0.6) is 11.5 Å². The number of hydrogen-bond acceptors (Lipinski definition) is 28. The molecule has 0 spiro atoms. The number of oxime groups is 1. The van der Waals surface area contributed by atoms with Gasteiger partial charge in [-0.05, 0) is 107 Å². The Balaban J connectivity index is 1.19. The van der Waals surface area contributed by atoms with E-state index >= 15 is 0 Å². The van der Waals surface area contributed by atoms with Crippen LogP contribution >= 0.6 is 0 Å². The predicted octanol–water partition coefficient (Wildman–Crippen LogP) is 1.47. The van der Waals surface area contributed by atoms with Crippen molar-refractivity contribution in [3.05, 3.63) is 58.7 Å². The van der Waals surface area contributed by atoms with Gasteiger partial charge >= 0.3 is 23.9 Å². The Morgan fingerprint density at radius 2 is 1.19 bits per heavy atom. The van der Waals surface area contributed by atoms with Gasteiger partial charge in [0.2, 0.25) is 24.4 Å². The summed E-state index contributed by atoms with van der Waals surface area (Å²) in [6.07, 6.45) is -14.1. The number of hydrogen-bond donors (Lipinski definition) is 11. The topological polar surface area (TPSA) is 490 Å². The summed E-state index contributed by atoms with van der Waals surface area (Å²) >= 11 is 0. The lowest BCUT2D eigenvalue weighted by Crippen LogP contribution is -2.61. The number of aliphatic hydroxyl groups is 6. The SMILES string of the molecule is CC[C@@H](CC(=O)COCCOCCNC(=O)c1cc(COC(C)=O)ccc1O[C@@H]1O[C@H](C(=O)O)[C@@H](O)[C@H](O)[C@H]1O)C(=O)NCCCC[C@@H](NC(=O)[C@@H](CCC(=O)O)CC(=O)CCCCOCCCC(=O)c1cc(COC(C)=O)ccc1O[C@@H]1OC[C@@H](O)[C@H](O)[C@H]1O)C(=O)CCCON=C(C)C. The van der Waals surface area contributed by atoms with E-state index in [0.717, 1.165) is 0 Å². The summed E-state index contributed by atoms with van der Waals surface area (Å²) in [6, 6.07) is 7.45. The number of ketones is 4. The van der Waals surface area contributed by atoms with E-state index in [1.165, 1.54) is 44.2 Å². The Morgan fingerprint density at radius 1 is 0.574 bits per heavy atom. The van der Waals surface area contributed by atoms with Gasteiger partial charge < -0.3 is 104 Å². The highest BCUT2D eigenvalue weighted by atomic mass is 16.7. The number of aliphatic carboxylic acids is 2. The Bertz CT molecular complexity index is 3070. The van der Waals surface area contributed by atoms with Crippen LogP contribution in [0.4, 0.5) is 0 Å². The Kier molecular flexibility index (Phi) is 38.8. The molecule has 2 heterocycles. The summed E-state index contributed by atoms with van der Waals surface area (Å²) in [5.74, 6) is -9.11. The van der Waals surface area contributed by atoms with E-state index in [4.69, 9.17) is 47.5 Å². The molecule has 12 atom stereocenters. The number of esters is 2. The number of carbonyl (C=O) groups is 11. The van der Waals surface area contributed by atoms with Gasteiger partial charge in [0.05, 0.1) is 49.3 Å². The first-order chi connectivity index (χ1) is 48.1. The lowest BCUT2D eigenvalue weighted by Gasteiger charge is -2.38. The minimum Gasteiger partial charge on any atom is -0.481 e. The third kappa shape index (κ3) is 31.4. The highest BCUT2D eigenvalue weighted by Gasteiger charge is 2.48. The molecule has 0 saturated carbocycles. The second-order valence-corrected chi connectivity index (χ2v) is 24.5. The van der Waals surface area contributed by atoms with E-state index in [1.807, 2.05) is 0 Å². The van der Waals surface area contributed by atoms with Crippen molar-refractivity contribution in [2.24, 2.45) is 17.0 Å². The number of rotatable bonds is 50. The average molecular weight is 1440 g/mol. The fraction of sp³-hybridized carbons (Fsp3) is 0.647. The van der Waals surface area contributed by atoms with Gasteiger partial charge in [0.25, 0.3) is 5.91 Å². The van der Waals surface area contributed by atoms with E-state index in [2.05, 4.69) is 21.1 Å². The zero-order valence-corrected chi connectivity index (χ0v) is 57.6. The van der Waals surface area contributed by atoms with Crippen LogP contribution in [0.25, 0.3) is 0 Å². The van der Waals surface area contributed by atoms with Crippen LogP contribution < -0.4 is 25.4 Å². The Morgan fingerprint density at radius 3 is 1.84 bits per heavy atom. The van der Waals surface area contributed by atoms with Crippen LogP contribution in [-0.4, -0.2) is 239 Å². The van der Waals surface area contributed by atoms with Gasteiger partial charge in [-0.15, -0.1) is 0 Å². The van der Waals surface area contributed by atoms with Crippen molar-refractivity contribution < 1.29 is 141 Å². The number of amides is 3. The van der Waals surface area contributed by atoms with Crippen molar-refractivity contribution in [1.29, 1.82) is 0 Å². The number of benzene rings is 2. The molecule has 564 valence electrons. The van der Waals surface area contributed by atoms with Gasteiger partial charge in [-0.3, -0.25) is 47.9 Å².